The molecule has 0 fully saturated rings. The number of rotatable bonds is 2. The summed E-state index contributed by atoms with van der Waals surface area (Å²) in [5.41, 5.74) is 4.54. The summed E-state index contributed by atoms with van der Waals surface area (Å²) in [6.45, 7) is 4.01. The number of aryl methyl sites for hydroxylation is 1. The lowest BCUT2D eigenvalue weighted by molar-refractivity contribution is 0.103. The molecule has 0 unspecified atom stereocenters. The van der Waals surface area contributed by atoms with E-state index >= 15 is 0 Å². The van der Waals surface area contributed by atoms with E-state index in [1.54, 1.807) is 17.5 Å². The second-order valence-corrected chi connectivity index (χ2v) is 5.55. The van der Waals surface area contributed by atoms with Crippen LogP contribution in [0.15, 0.2) is 41.9 Å². The van der Waals surface area contributed by atoms with Crippen molar-refractivity contribution in [1.29, 1.82) is 0 Å². The van der Waals surface area contributed by atoms with Gasteiger partial charge in [0.15, 0.2) is 5.78 Å². The zero-order valence-corrected chi connectivity index (χ0v) is 11.6. The first-order valence-electron chi connectivity index (χ1n) is 6.11. The Labute approximate surface area is 115 Å². The van der Waals surface area contributed by atoms with Gasteiger partial charge in [0.25, 0.3) is 0 Å². The molecule has 0 bridgehead atoms. The lowest BCUT2D eigenvalue weighted by Gasteiger charge is -2.07. The fourth-order valence-electron chi connectivity index (χ4n) is 2.12. The Morgan fingerprint density at radius 1 is 1.21 bits per heavy atom. The minimum atomic E-state index is 0.0454. The van der Waals surface area contributed by atoms with Crippen molar-refractivity contribution in [3.63, 3.8) is 0 Å². The van der Waals surface area contributed by atoms with Crippen LogP contribution in [0.5, 0.6) is 0 Å². The fourth-order valence-corrected chi connectivity index (χ4v) is 2.90. The number of carbonyl (C=O) groups excluding carboxylic acids is 1. The number of thiophene rings is 1. The molecule has 1 aromatic carbocycles. The molecular weight excluding hydrogens is 254 g/mol. The van der Waals surface area contributed by atoms with Crippen LogP contribution in [0.2, 0.25) is 0 Å². The number of hydrogen-bond donors (Lipinski definition) is 0. The summed E-state index contributed by atoms with van der Waals surface area (Å²) in [6.07, 6.45) is 1.67. The number of carbonyl (C=O) groups is 1. The molecule has 0 saturated carbocycles. The van der Waals surface area contributed by atoms with Gasteiger partial charge >= 0.3 is 0 Å². The molecule has 0 radical (unpaired) electrons. The van der Waals surface area contributed by atoms with Crippen LogP contribution in [0.25, 0.3) is 10.2 Å². The van der Waals surface area contributed by atoms with Crippen LogP contribution in [0.4, 0.5) is 0 Å². The summed E-state index contributed by atoms with van der Waals surface area (Å²) >= 11 is 1.61. The largest absolute Gasteiger partial charge is 0.289 e. The standard InChI is InChI=1S/C16H13NOS/c1-10-4-3-5-13(11(10)2)16(18)12-8-15-14(17-9-12)6-7-19-15/h3-9H,1-2H3. The number of pyridine rings is 1. The Bertz CT molecular complexity index is 773. The van der Waals surface area contributed by atoms with Gasteiger partial charge in [-0.3, -0.25) is 9.78 Å². The summed E-state index contributed by atoms with van der Waals surface area (Å²) in [4.78, 5) is 16.9. The van der Waals surface area contributed by atoms with Gasteiger partial charge in [0.1, 0.15) is 0 Å². The summed E-state index contributed by atoms with van der Waals surface area (Å²) < 4.78 is 1.05. The Balaban J connectivity index is 2.10. The van der Waals surface area contributed by atoms with E-state index in [0.29, 0.717) is 5.56 Å². The summed E-state index contributed by atoms with van der Waals surface area (Å²) in [5.74, 6) is 0.0454. The molecule has 19 heavy (non-hydrogen) atoms. The van der Waals surface area contributed by atoms with Crippen molar-refractivity contribution in [2.75, 3.05) is 0 Å². The normalized spacial score (nSPS) is 10.8. The zero-order chi connectivity index (χ0) is 13.4. The predicted octanol–water partition coefficient (Wildman–Crippen LogP) is 4.14. The third-order valence-electron chi connectivity index (χ3n) is 3.41. The first-order chi connectivity index (χ1) is 9.16. The molecule has 94 valence electrons. The maximum atomic E-state index is 12.5. The van der Waals surface area contributed by atoms with Gasteiger partial charge in [0, 0.05) is 17.3 Å². The van der Waals surface area contributed by atoms with Crippen molar-refractivity contribution >= 4 is 27.3 Å². The smallest absolute Gasteiger partial charge is 0.194 e. The molecule has 0 saturated heterocycles. The number of hydrogen-bond acceptors (Lipinski definition) is 3. The number of fused-ring (bicyclic) bond motifs is 1. The Hall–Kier alpha value is -2.00. The number of ketones is 1. The topological polar surface area (TPSA) is 30.0 Å². The predicted molar refractivity (Wildman–Crippen MR) is 79.0 cm³/mol. The minimum absolute atomic E-state index is 0.0454. The molecule has 2 heterocycles. The van der Waals surface area contributed by atoms with Crippen LogP contribution in [0, 0.1) is 13.8 Å². The highest BCUT2D eigenvalue weighted by Gasteiger charge is 2.13. The second-order valence-electron chi connectivity index (χ2n) is 4.60. The van der Waals surface area contributed by atoms with Crippen molar-refractivity contribution in [3.05, 3.63) is 64.2 Å². The fraction of sp³-hybridized carbons (Fsp3) is 0.125. The SMILES string of the molecule is Cc1cccc(C(=O)c2cnc3ccsc3c2)c1C. The van der Waals surface area contributed by atoms with Crippen LogP contribution in [-0.4, -0.2) is 10.8 Å². The van der Waals surface area contributed by atoms with Gasteiger partial charge in [-0.25, -0.2) is 0 Å². The van der Waals surface area contributed by atoms with Gasteiger partial charge in [-0.15, -0.1) is 11.3 Å². The van der Waals surface area contributed by atoms with Crippen molar-refractivity contribution in [2.24, 2.45) is 0 Å². The third-order valence-corrected chi connectivity index (χ3v) is 4.27. The van der Waals surface area contributed by atoms with Gasteiger partial charge in [-0.05, 0) is 42.5 Å². The molecule has 0 amide bonds. The van der Waals surface area contributed by atoms with E-state index in [0.717, 1.165) is 26.9 Å². The van der Waals surface area contributed by atoms with E-state index in [9.17, 15) is 4.79 Å². The highest BCUT2D eigenvalue weighted by molar-refractivity contribution is 7.17. The van der Waals surface area contributed by atoms with Gasteiger partial charge in [-0.1, -0.05) is 18.2 Å². The summed E-state index contributed by atoms with van der Waals surface area (Å²) in [6, 6.07) is 9.71. The van der Waals surface area contributed by atoms with Crippen molar-refractivity contribution in [1.82, 2.24) is 4.98 Å². The number of nitrogens with zero attached hydrogens (tertiary/aromatic N) is 1. The highest BCUT2D eigenvalue weighted by atomic mass is 32.1. The van der Waals surface area contributed by atoms with Crippen LogP contribution in [-0.2, 0) is 0 Å². The molecule has 0 atom stereocenters. The maximum Gasteiger partial charge on any atom is 0.194 e. The van der Waals surface area contributed by atoms with Crippen LogP contribution >= 0.6 is 11.3 Å². The van der Waals surface area contributed by atoms with E-state index in [4.69, 9.17) is 0 Å². The molecule has 3 rings (SSSR count). The lowest BCUT2D eigenvalue weighted by atomic mass is 9.97. The van der Waals surface area contributed by atoms with Gasteiger partial charge < -0.3 is 0 Å². The van der Waals surface area contributed by atoms with Gasteiger partial charge in [0.2, 0.25) is 0 Å². The third kappa shape index (κ3) is 2.06. The van der Waals surface area contributed by atoms with Crippen molar-refractivity contribution in [3.8, 4) is 0 Å². The van der Waals surface area contributed by atoms with Crippen LogP contribution in [0.1, 0.15) is 27.0 Å². The lowest BCUT2D eigenvalue weighted by Crippen LogP contribution is -2.05. The second kappa shape index (κ2) is 4.59. The van der Waals surface area contributed by atoms with Crippen molar-refractivity contribution in [2.45, 2.75) is 13.8 Å². The molecule has 3 heteroatoms. The first-order valence-corrected chi connectivity index (χ1v) is 6.99. The summed E-state index contributed by atoms with van der Waals surface area (Å²) in [5, 5.41) is 1.99. The quantitative estimate of drug-likeness (QED) is 0.653. The molecule has 0 N–H and O–H groups in total. The average molecular weight is 267 g/mol. The summed E-state index contributed by atoms with van der Waals surface area (Å²) in [7, 11) is 0. The van der Waals surface area contributed by atoms with E-state index in [1.165, 1.54) is 0 Å². The van der Waals surface area contributed by atoms with E-state index in [1.807, 2.05) is 49.6 Å². The average Bonchev–Trinajstić information content (AvgIpc) is 2.88. The number of benzene rings is 1. The Morgan fingerprint density at radius 2 is 2.05 bits per heavy atom. The monoisotopic (exact) mass is 267 g/mol. The molecule has 0 aliphatic carbocycles. The molecule has 2 aromatic heterocycles. The maximum absolute atomic E-state index is 12.5. The molecule has 0 aliphatic rings. The first kappa shape index (κ1) is 12.1. The number of aromatic nitrogens is 1. The Morgan fingerprint density at radius 3 is 2.89 bits per heavy atom. The van der Waals surface area contributed by atoms with E-state index < -0.39 is 0 Å². The van der Waals surface area contributed by atoms with Crippen molar-refractivity contribution < 1.29 is 4.79 Å². The zero-order valence-electron chi connectivity index (χ0n) is 10.8. The van der Waals surface area contributed by atoms with Crippen LogP contribution < -0.4 is 0 Å². The molecule has 3 aromatic rings. The minimum Gasteiger partial charge on any atom is -0.289 e. The van der Waals surface area contributed by atoms with E-state index in [-0.39, 0.29) is 5.78 Å². The van der Waals surface area contributed by atoms with Gasteiger partial charge in [-0.2, -0.15) is 0 Å². The molecule has 0 aliphatic heterocycles. The highest BCUT2D eigenvalue weighted by Crippen LogP contribution is 2.22. The molecule has 2 nitrogen and oxygen atoms in total. The van der Waals surface area contributed by atoms with E-state index in [2.05, 4.69) is 4.98 Å². The van der Waals surface area contributed by atoms with Crippen LogP contribution in [0.3, 0.4) is 0 Å². The van der Waals surface area contributed by atoms with Gasteiger partial charge in [0.05, 0.1) is 10.2 Å². The molecule has 0 spiro atoms. The molecular formula is C16H13NOS. The Kier molecular flexibility index (Phi) is 2.91.